The minimum Gasteiger partial charge on any atom is -0.226 e. The maximum absolute atomic E-state index is 5.71. The van der Waals surface area contributed by atoms with Crippen molar-refractivity contribution >= 4 is 36.8 Å². The van der Waals surface area contributed by atoms with Gasteiger partial charge in [0.2, 0.25) is 0 Å². The standard InChI is InChI=1S/C6H5.Al.2ClH/c1-2-4-6-5-3-1;;;/h1-5H;;2*1H/q;+2;;/p-2. The fourth-order valence-corrected chi connectivity index (χ4v) is 1.98. The quantitative estimate of drug-likeness (QED) is 0.571. The van der Waals surface area contributed by atoms with E-state index < -0.39 is 12.3 Å². The fraction of sp³-hybridized carbons (Fsp3) is 0. The fourth-order valence-electron chi connectivity index (χ4n) is 0.599. The van der Waals surface area contributed by atoms with Gasteiger partial charge in [0, 0.05) is 0 Å². The highest BCUT2D eigenvalue weighted by atomic mass is 35.7. The lowest BCUT2D eigenvalue weighted by Crippen LogP contribution is -2.16. The summed E-state index contributed by atoms with van der Waals surface area (Å²) in [7, 11) is 11.4. The molecule has 0 radical (unpaired) electrons. The first-order valence-electron chi connectivity index (χ1n) is 2.64. The molecule has 0 aliphatic rings. The summed E-state index contributed by atoms with van der Waals surface area (Å²) >= 11 is -1.58. The SMILES string of the molecule is [Cl][Al]([Cl])[c]1ccccc1. The Balaban J connectivity index is 2.85. The Labute approximate surface area is 67.2 Å². The van der Waals surface area contributed by atoms with Gasteiger partial charge in [-0.25, -0.2) is 20.1 Å². The van der Waals surface area contributed by atoms with Gasteiger partial charge in [-0.3, -0.25) is 0 Å². The molecule has 9 heavy (non-hydrogen) atoms. The largest absolute Gasteiger partial charge is 0.555 e. The molecule has 0 aromatic heterocycles. The van der Waals surface area contributed by atoms with Crippen LogP contribution in [-0.2, 0) is 0 Å². The third-order valence-corrected chi connectivity index (χ3v) is 3.45. The van der Waals surface area contributed by atoms with Gasteiger partial charge >= 0.3 is 12.3 Å². The highest BCUT2D eigenvalue weighted by Gasteiger charge is 2.11. The molecular formula is C6H5AlCl2. The molecular weight excluding hydrogens is 170 g/mol. The van der Waals surface area contributed by atoms with Crippen molar-refractivity contribution in [2.75, 3.05) is 0 Å². The Morgan fingerprint density at radius 1 is 1.00 bits per heavy atom. The van der Waals surface area contributed by atoms with Gasteiger partial charge in [0.15, 0.2) is 0 Å². The van der Waals surface area contributed by atoms with E-state index in [-0.39, 0.29) is 0 Å². The predicted molar refractivity (Wildman–Crippen MR) is 43.5 cm³/mol. The third kappa shape index (κ3) is 2.20. The van der Waals surface area contributed by atoms with Crippen LogP contribution in [0.3, 0.4) is 0 Å². The predicted octanol–water partition coefficient (Wildman–Crippen LogP) is 1.86. The van der Waals surface area contributed by atoms with Crippen LogP contribution in [0.15, 0.2) is 30.3 Å². The topological polar surface area (TPSA) is 0 Å². The van der Waals surface area contributed by atoms with E-state index in [9.17, 15) is 0 Å². The van der Waals surface area contributed by atoms with Crippen LogP contribution in [0.1, 0.15) is 0 Å². The van der Waals surface area contributed by atoms with Crippen LogP contribution >= 0.6 is 20.1 Å². The summed E-state index contributed by atoms with van der Waals surface area (Å²) < 4.78 is 1.08. The summed E-state index contributed by atoms with van der Waals surface area (Å²) in [5, 5.41) is 0. The van der Waals surface area contributed by atoms with Crippen molar-refractivity contribution in [1.82, 2.24) is 0 Å². The molecule has 1 rings (SSSR count). The Hall–Kier alpha value is 0.332. The van der Waals surface area contributed by atoms with E-state index in [0.29, 0.717) is 0 Å². The van der Waals surface area contributed by atoms with E-state index >= 15 is 0 Å². The van der Waals surface area contributed by atoms with Crippen molar-refractivity contribution < 1.29 is 0 Å². The summed E-state index contributed by atoms with van der Waals surface area (Å²) in [6.07, 6.45) is 0. The highest BCUT2D eigenvalue weighted by Crippen LogP contribution is 1.96. The van der Waals surface area contributed by atoms with Crippen LogP contribution < -0.4 is 4.43 Å². The minimum absolute atomic E-state index is 1.08. The van der Waals surface area contributed by atoms with Crippen LogP contribution in [0.2, 0.25) is 0 Å². The van der Waals surface area contributed by atoms with Crippen LogP contribution in [0, 0.1) is 0 Å². The average molecular weight is 175 g/mol. The first kappa shape index (κ1) is 7.44. The molecule has 0 nitrogen and oxygen atoms in total. The molecule has 0 aliphatic heterocycles. The average Bonchev–Trinajstić information content (AvgIpc) is 1.90. The van der Waals surface area contributed by atoms with Gasteiger partial charge in [0.1, 0.15) is 0 Å². The lowest BCUT2D eigenvalue weighted by molar-refractivity contribution is 1.77. The Bertz CT molecular complexity index is 174. The normalized spacial score (nSPS) is 9.11. The van der Waals surface area contributed by atoms with Crippen molar-refractivity contribution in [3.63, 3.8) is 0 Å². The molecule has 0 N–H and O–H groups in total. The smallest absolute Gasteiger partial charge is 0.226 e. The number of rotatable bonds is 1. The van der Waals surface area contributed by atoms with Gasteiger partial charge in [-0.05, 0) is 0 Å². The molecule has 0 saturated heterocycles. The lowest BCUT2D eigenvalue weighted by Gasteiger charge is -1.91. The Kier molecular flexibility index (Phi) is 2.88. The molecule has 46 valence electrons. The van der Waals surface area contributed by atoms with Crippen LogP contribution in [0.5, 0.6) is 0 Å². The van der Waals surface area contributed by atoms with Gasteiger partial charge < -0.3 is 0 Å². The van der Waals surface area contributed by atoms with Crippen molar-refractivity contribution in [2.24, 2.45) is 0 Å². The summed E-state index contributed by atoms with van der Waals surface area (Å²) in [4.78, 5) is 0. The van der Waals surface area contributed by atoms with Crippen LogP contribution in [-0.4, -0.2) is 12.3 Å². The summed E-state index contributed by atoms with van der Waals surface area (Å²) in [5.74, 6) is 0. The van der Waals surface area contributed by atoms with E-state index in [1.807, 2.05) is 30.3 Å². The molecule has 0 bridgehead atoms. The van der Waals surface area contributed by atoms with Crippen molar-refractivity contribution in [3.05, 3.63) is 30.3 Å². The Morgan fingerprint density at radius 3 is 1.89 bits per heavy atom. The van der Waals surface area contributed by atoms with Crippen LogP contribution in [0.25, 0.3) is 0 Å². The third-order valence-electron chi connectivity index (χ3n) is 1.05. The molecule has 1 aromatic carbocycles. The molecule has 0 atom stereocenters. The summed E-state index contributed by atoms with van der Waals surface area (Å²) in [6.45, 7) is 0. The van der Waals surface area contributed by atoms with Gasteiger partial charge in [0.05, 0.1) is 0 Å². The second-order valence-electron chi connectivity index (χ2n) is 1.71. The molecule has 0 heterocycles. The maximum atomic E-state index is 5.71. The zero-order valence-electron chi connectivity index (χ0n) is 4.72. The molecule has 0 saturated carbocycles. The van der Waals surface area contributed by atoms with Crippen molar-refractivity contribution in [1.29, 1.82) is 0 Å². The number of benzene rings is 1. The highest BCUT2D eigenvalue weighted by molar-refractivity contribution is 7.39. The molecule has 0 aliphatic carbocycles. The van der Waals surface area contributed by atoms with Gasteiger partial charge in [-0.15, -0.1) is 0 Å². The van der Waals surface area contributed by atoms with Gasteiger partial charge in [-0.2, -0.15) is 0 Å². The zero-order chi connectivity index (χ0) is 6.69. The molecule has 1 aromatic rings. The van der Waals surface area contributed by atoms with Gasteiger partial charge in [0.25, 0.3) is 0 Å². The Morgan fingerprint density at radius 2 is 1.56 bits per heavy atom. The molecule has 0 amide bonds. The van der Waals surface area contributed by atoms with Crippen molar-refractivity contribution in [3.8, 4) is 0 Å². The second-order valence-corrected chi connectivity index (χ2v) is 6.27. The molecule has 0 fully saturated rings. The summed E-state index contributed by atoms with van der Waals surface area (Å²) in [6, 6.07) is 9.75. The van der Waals surface area contributed by atoms with Gasteiger partial charge in [-0.1, -0.05) is 34.8 Å². The first-order chi connectivity index (χ1) is 4.30. The first-order valence-corrected chi connectivity index (χ1v) is 6.70. The number of halogens is 2. The second kappa shape index (κ2) is 3.49. The van der Waals surface area contributed by atoms with E-state index in [1.54, 1.807) is 0 Å². The van der Waals surface area contributed by atoms with Crippen molar-refractivity contribution in [2.45, 2.75) is 0 Å². The molecule has 3 heteroatoms. The number of hydrogen-bond donors (Lipinski definition) is 0. The van der Waals surface area contributed by atoms with Crippen LogP contribution in [0.4, 0.5) is 0 Å². The minimum atomic E-state index is -1.58. The maximum Gasteiger partial charge on any atom is 0.555 e. The monoisotopic (exact) mass is 174 g/mol. The van der Waals surface area contributed by atoms with E-state index in [2.05, 4.69) is 0 Å². The van der Waals surface area contributed by atoms with E-state index in [0.717, 1.165) is 4.43 Å². The number of hydrogen-bond acceptors (Lipinski definition) is 0. The lowest BCUT2D eigenvalue weighted by atomic mass is 10.4. The zero-order valence-corrected chi connectivity index (χ0v) is 7.39. The molecule has 0 unspecified atom stereocenters. The van der Waals surface area contributed by atoms with E-state index in [1.165, 1.54) is 0 Å². The van der Waals surface area contributed by atoms with E-state index in [4.69, 9.17) is 20.1 Å². The molecule has 0 spiro atoms. The summed E-state index contributed by atoms with van der Waals surface area (Å²) in [5.41, 5.74) is 0.